The van der Waals surface area contributed by atoms with Gasteiger partial charge in [0.15, 0.2) is 6.10 Å². The number of ether oxygens (including phenoxy) is 2. The van der Waals surface area contributed by atoms with E-state index in [1.807, 2.05) is 0 Å². The maximum atomic E-state index is 14.2. The van der Waals surface area contributed by atoms with Crippen molar-refractivity contribution in [3.63, 3.8) is 0 Å². The summed E-state index contributed by atoms with van der Waals surface area (Å²) in [6.07, 6.45) is -2.02. The van der Waals surface area contributed by atoms with Crippen LogP contribution in [0.2, 0.25) is 5.02 Å². The second-order valence-corrected chi connectivity index (χ2v) is 6.03. The predicted octanol–water partition coefficient (Wildman–Crippen LogP) is 3.77. The van der Waals surface area contributed by atoms with Gasteiger partial charge in [0.25, 0.3) is 5.91 Å². The van der Waals surface area contributed by atoms with Crippen molar-refractivity contribution in [1.82, 2.24) is 0 Å². The van der Waals surface area contributed by atoms with Crippen molar-refractivity contribution >= 4 is 29.3 Å². The van der Waals surface area contributed by atoms with E-state index in [2.05, 4.69) is 0 Å². The molecular formula is C15H17ClFNO4. The summed E-state index contributed by atoms with van der Waals surface area (Å²) in [5, 5.41) is 0.0652. The number of amides is 2. The molecule has 1 heterocycles. The number of carbonyl (C=O) groups is 2. The highest BCUT2D eigenvalue weighted by molar-refractivity contribution is 6.32. The molecule has 1 saturated heterocycles. The molecule has 5 nitrogen and oxygen atoms in total. The average molecular weight is 330 g/mol. The molecule has 1 aliphatic heterocycles. The molecule has 0 N–H and O–H groups in total. The van der Waals surface area contributed by atoms with Gasteiger partial charge in [-0.05, 0) is 25.8 Å². The highest BCUT2D eigenvalue weighted by Crippen LogP contribution is 2.36. The number of hydrogen-bond donors (Lipinski definition) is 0. The SMILES string of the molecule is CC(C)Oc1cc(N2C(=O)OC(C(C)C)C2=O)c(F)cc1Cl. The van der Waals surface area contributed by atoms with Crippen molar-refractivity contribution in [2.45, 2.75) is 39.9 Å². The van der Waals surface area contributed by atoms with Crippen LogP contribution in [-0.4, -0.2) is 24.2 Å². The summed E-state index contributed by atoms with van der Waals surface area (Å²) < 4.78 is 24.6. The van der Waals surface area contributed by atoms with Gasteiger partial charge in [0.05, 0.1) is 16.8 Å². The van der Waals surface area contributed by atoms with Crippen LogP contribution in [0.3, 0.4) is 0 Å². The molecule has 1 aromatic rings. The summed E-state index contributed by atoms with van der Waals surface area (Å²) >= 11 is 5.92. The number of hydrogen-bond acceptors (Lipinski definition) is 4. The number of imide groups is 1. The van der Waals surface area contributed by atoms with Gasteiger partial charge in [-0.3, -0.25) is 4.79 Å². The minimum atomic E-state index is -0.919. The standard InChI is InChI=1S/C15H17ClFNO4/c1-7(2)13-14(19)18(15(20)22-13)11-6-12(21-8(3)4)9(16)5-10(11)17/h5-8,13H,1-4H3. The molecule has 0 spiro atoms. The Kier molecular flexibility index (Phi) is 4.60. The van der Waals surface area contributed by atoms with Crippen LogP contribution >= 0.6 is 11.6 Å². The van der Waals surface area contributed by atoms with Crippen LogP contribution in [0, 0.1) is 11.7 Å². The fourth-order valence-electron chi connectivity index (χ4n) is 2.10. The van der Waals surface area contributed by atoms with Crippen molar-refractivity contribution in [3.8, 4) is 5.75 Å². The number of benzene rings is 1. The lowest BCUT2D eigenvalue weighted by atomic mass is 10.1. The summed E-state index contributed by atoms with van der Waals surface area (Å²) in [7, 11) is 0. The Morgan fingerprint density at radius 2 is 1.91 bits per heavy atom. The zero-order valence-corrected chi connectivity index (χ0v) is 13.5. The Balaban J connectivity index is 2.44. The van der Waals surface area contributed by atoms with Crippen LogP contribution in [0.4, 0.5) is 14.9 Å². The van der Waals surface area contributed by atoms with Crippen LogP contribution < -0.4 is 9.64 Å². The first-order valence-corrected chi connectivity index (χ1v) is 7.30. The average Bonchev–Trinajstić information content (AvgIpc) is 2.68. The first-order chi connectivity index (χ1) is 10.2. The molecule has 1 aromatic carbocycles. The fourth-order valence-corrected chi connectivity index (χ4v) is 2.30. The monoisotopic (exact) mass is 329 g/mol. The second kappa shape index (κ2) is 6.12. The van der Waals surface area contributed by atoms with Crippen molar-refractivity contribution in [2.24, 2.45) is 5.92 Å². The van der Waals surface area contributed by atoms with Crippen molar-refractivity contribution in [3.05, 3.63) is 23.0 Å². The lowest BCUT2D eigenvalue weighted by molar-refractivity contribution is -0.123. The maximum Gasteiger partial charge on any atom is 0.422 e. The highest BCUT2D eigenvalue weighted by Gasteiger charge is 2.44. The molecule has 1 atom stereocenters. The molecule has 0 saturated carbocycles. The molecule has 22 heavy (non-hydrogen) atoms. The highest BCUT2D eigenvalue weighted by atomic mass is 35.5. The number of anilines is 1. The van der Waals surface area contributed by atoms with Gasteiger partial charge in [-0.1, -0.05) is 25.4 Å². The van der Waals surface area contributed by atoms with Crippen molar-refractivity contribution < 1.29 is 23.5 Å². The third-order valence-electron chi connectivity index (χ3n) is 3.08. The van der Waals surface area contributed by atoms with Gasteiger partial charge in [-0.2, -0.15) is 0 Å². The van der Waals surface area contributed by atoms with E-state index in [-0.39, 0.29) is 28.5 Å². The molecule has 0 radical (unpaired) electrons. The lowest BCUT2D eigenvalue weighted by Crippen LogP contribution is -2.33. The van der Waals surface area contributed by atoms with Crippen LogP contribution in [0.25, 0.3) is 0 Å². The molecule has 2 rings (SSSR count). The van der Waals surface area contributed by atoms with Gasteiger partial charge in [0.1, 0.15) is 11.6 Å². The number of nitrogens with zero attached hydrogens (tertiary/aromatic N) is 1. The summed E-state index contributed by atoms with van der Waals surface area (Å²) in [5.41, 5.74) is -0.224. The minimum Gasteiger partial charge on any atom is -0.489 e. The van der Waals surface area contributed by atoms with Gasteiger partial charge in [-0.25, -0.2) is 14.1 Å². The van der Waals surface area contributed by atoms with E-state index in [4.69, 9.17) is 21.1 Å². The Labute approximate surface area is 132 Å². The number of cyclic esters (lactones) is 1. The molecule has 0 bridgehead atoms. The molecule has 1 fully saturated rings. The predicted molar refractivity (Wildman–Crippen MR) is 79.8 cm³/mol. The Morgan fingerprint density at radius 3 is 2.41 bits per heavy atom. The molecule has 7 heteroatoms. The second-order valence-electron chi connectivity index (χ2n) is 5.62. The zero-order valence-electron chi connectivity index (χ0n) is 12.7. The van der Waals surface area contributed by atoms with E-state index in [9.17, 15) is 14.0 Å². The third-order valence-corrected chi connectivity index (χ3v) is 3.38. The number of halogens is 2. The quantitative estimate of drug-likeness (QED) is 0.843. The molecule has 2 amide bonds. The molecule has 0 aromatic heterocycles. The maximum absolute atomic E-state index is 14.2. The van der Waals surface area contributed by atoms with Gasteiger partial charge in [0, 0.05) is 6.07 Å². The van der Waals surface area contributed by atoms with E-state index in [1.54, 1.807) is 27.7 Å². The lowest BCUT2D eigenvalue weighted by Gasteiger charge is -2.17. The van der Waals surface area contributed by atoms with E-state index < -0.39 is 23.9 Å². The first kappa shape index (κ1) is 16.5. The molecule has 1 unspecified atom stereocenters. The van der Waals surface area contributed by atoms with Crippen LogP contribution in [0.1, 0.15) is 27.7 Å². The van der Waals surface area contributed by atoms with E-state index >= 15 is 0 Å². The first-order valence-electron chi connectivity index (χ1n) is 6.92. The van der Waals surface area contributed by atoms with Crippen LogP contribution in [-0.2, 0) is 9.53 Å². The Bertz CT molecular complexity index is 618. The Morgan fingerprint density at radius 1 is 1.27 bits per heavy atom. The fraction of sp³-hybridized carbons (Fsp3) is 0.467. The van der Waals surface area contributed by atoms with Gasteiger partial charge < -0.3 is 9.47 Å². The van der Waals surface area contributed by atoms with E-state index in [0.717, 1.165) is 6.07 Å². The van der Waals surface area contributed by atoms with Crippen molar-refractivity contribution in [1.29, 1.82) is 0 Å². The Hall–Kier alpha value is -1.82. The number of rotatable bonds is 4. The summed E-state index contributed by atoms with van der Waals surface area (Å²) in [5.74, 6) is -1.41. The summed E-state index contributed by atoms with van der Waals surface area (Å²) in [6.45, 7) is 7.04. The largest absolute Gasteiger partial charge is 0.489 e. The van der Waals surface area contributed by atoms with Gasteiger partial charge in [-0.15, -0.1) is 0 Å². The zero-order chi connectivity index (χ0) is 16.6. The van der Waals surface area contributed by atoms with Crippen LogP contribution in [0.5, 0.6) is 5.75 Å². The molecular weight excluding hydrogens is 313 g/mol. The summed E-state index contributed by atoms with van der Waals surface area (Å²) in [4.78, 5) is 24.9. The number of carbonyl (C=O) groups excluding carboxylic acids is 2. The third kappa shape index (κ3) is 3.02. The molecule has 120 valence electrons. The van der Waals surface area contributed by atoms with Crippen LogP contribution in [0.15, 0.2) is 12.1 Å². The van der Waals surface area contributed by atoms with E-state index in [0.29, 0.717) is 4.90 Å². The van der Waals surface area contributed by atoms with Gasteiger partial charge in [0.2, 0.25) is 0 Å². The minimum absolute atomic E-state index is 0.0652. The topological polar surface area (TPSA) is 55.8 Å². The molecule has 0 aliphatic carbocycles. The van der Waals surface area contributed by atoms with Gasteiger partial charge >= 0.3 is 6.09 Å². The normalized spacial score (nSPS) is 18.4. The van der Waals surface area contributed by atoms with Crippen molar-refractivity contribution in [2.75, 3.05) is 4.90 Å². The van der Waals surface area contributed by atoms with E-state index in [1.165, 1.54) is 6.07 Å². The smallest absolute Gasteiger partial charge is 0.422 e. The molecule has 1 aliphatic rings. The summed E-state index contributed by atoms with van der Waals surface area (Å²) in [6, 6.07) is 2.25.